The lowest BCUT2D eigenvalue weighted by atomic mass is 9.93. The number of fused-ring (bicyclic) bond motifs is 1. The van der Waals surface area contributed by atoms with E-state index in [1.165, 1.54) is 5.56 Å². The molecule has 0 bridgehead atoms. The van der Waals surface area contributed by atoms with E-state index in [-0.39, 0.29) is 5.41 Å². The molecule has 2 atom stereocenters. The molecular weight excluding hydrogens is 231 g/mol. The van der Waals surface area contributed by atoms with E-state index in [1.807, 2.05) is 18.2 Å². The number of hydrogen-bond donors (Lipinski definition) is 0. The number of Topliss-reactive ketones (excluding diaryl/α,β-unsaturated/α-hetero) is 1. The normalized spacial score (nSPS) is 32.9. The Morgan fingerprint density at radius 3 is 2.67 bits per heavy atom. The molecule has 0 amide bonds. The Morgan fingerprint density at radius 2 is 2.07 bits per heavy atom. The summed E-state index contributed by atoms with van der Waals surface area (Å²) in [6.45, 7) is 0. The van der Waals surface area contributed by atoms with Crippen LogP contribution in [0.15, 0.2) is 18.2 Å². The lowest BCUT2D eigenvalue weighted by Crippen LogP contribution is -2.07. The SMILES string of the molecule is O=C1CC2C[C@]2(c2ccc(Cl)c(Cl)c2)C1. The van der Waals surface area contributed by atoms with E-state index in [4.69, 9.17) is 23.2 Å². The van der Waals surface area contributed by atoms with Gasteiger partial charge < -0.3 is 0 Å². The first-order valence-electron chi connectivity index (χ1n) is 5.09. The molecule has 0 saturated heterocycles. The van der Waals surface area contributed by atoms with Gasteiger partial charge in [0.05, 0.1) is 10.0 Å². The van der Waals surface area contributed by atoms with E-state index in [0.717, 1.165) is 12.8 Å². The molecule has 1 unspecified atom stereocenters. The Balaban J connectivity index is 2.01. The van der Waals surface area contributed by atoms with E-state index in [9.17, 15) is 4.79 Å². The Kier molecular flexibility index (Phi) is 1.93. The predicted octanol–water partition coefficient (Wildman–Crippen LogP) is 3.61. The summed E-state index contributed by atoms with van der Waals surface area (Å²) in [5.74, 6) is 0.944. The van der Waals surface area contributed by atoms with Crippen molar-refractivity contribution in [3.05, 3.63) is 33.8 Å². The van der Waals surface area contributed by atoms with E-state index >= 15 is 0 Å². The van der Waals surface area contributed by atoms with Gasteiger partial charge in [-0.1, -0.05) is 29.3 Å². The highest BCUT2D eigenvalue weighted by atomic mass is 35.5. The van der Waals surface area contributed by atoms with Crippen LogP contribution in [0.5, 0.6) is 0 Å². The summed E-state index contributed by atoms with van der Waals surface area (Å²) in [4.78, 5) is 11.4. The van der Waals surface area contributed by atoms with Gasteiger partial charge in [-0.15, -0.1) is 0 Å². The van der Waals surface area contributed by atoms with Gasteiger partial charge in [0.15, 0.2) is 0 Å². The van der Waals surface area contributed by atoms with Crippen LogP contribution < -0.4 is 0 Å². The van der Waals surface area contributed by atoms with Crippen molar-refractivity contribution in [2.75, 3.05) is 0 Å². The van der Waals surface area contributed by atoms with Crippen LogP contribution in [-0.2, 0) is 10.2 Å². The molecule has 2 aliphatic carbocycles. The number of benzene rings is 1. The van der Waals surface area contributed by atoms with E-state index in [0.29, 0.717) is 28.2 Å². The lowest BCUT2D eigenvalue weighted by molar-refractivity contribution is -0.118. The predicted molar refractivity (Wildman–Crippen MR) is 60.5 cm³/mol. The number of ketones is 1. The van der Waals surface area contributed by atoms with E-state index in [2.05, 4.69) is 0 Å². The fourth-order valence-electron chi connectivity index (χ4n) is 2.83. The Hall–Kier alpha value is -0.530. The molecule has 78 valence electrons. The first kappa shape index (κ1) is 9.68. The molecule has 1 nitrogen and oxygen atoms in total. The van der Waals surface area contributed by atoms with Crippen LogP contribution in [0.4, 0.5) is 0 Å². The zero-order chi connectivity index (χ0) is 10.6. The molecule has 0 radical (unpaired) electrons. The second-order valence-corrected chi connectivity index (χ2v) is 5.42. The van der Waals surface area contributed by atoms with Crippen molar-refractivity contribution in [1.29, 1.82) is 0 Å². The summed E-state index contributed by atoms with van der Waals surface area (Å²) in [5.41, 5.74) is 1.30. The Labute approximate surface area is 98.4 Å². The van der Waals surface area contributed by atoms with Gasteiger partial charge in [0.1, 0.15) is 5.78 Å². The second kappa shape index (κ2) is 2.99. The van der Waals surface area contributed by atoms with Gasteiger partial charge in [0.25, 0.3) is 0 Å². The fraction of sp³-hybridized carbons (Fsp3) is 0.417. The third-order valence-electron chi connectivity index (χ3n) is 3.71. The first-order chi connectivity index (χ1) is 7.12. The minimum absolute atomic E-state index is 0.116. The van der Waals surface area contributed by atoms with Crippen molar-refractivity contribution in [3.63, 3.8) is 0 Å². The molecule has 2 saturated carbocycles. The average molecular weight is 241 g/mol. The molecule has 15 heavy (non-hydrogen) atoms. The molecule has 0 aromatic heterocycles. The van der Waals surface area contributed by atoms with Crippen LogP contribution in [0.1, 0.15) is 24.8 Å². The van der Waals surface area contributed by atoms with Gasteiger partial charge in [0.2, 0.25) is 0 Å². The van der Waals surface area contributed by atoms with Gasteiger partial charge in [-0.3, -0.25) is 4.79 Å². The van der Waals surface area contributed by atoms with Gasteiger partial charge in [-0.05, 0) is 30.0 Å². The van der Waals surface area contributed by atoms with Crippen LogP contribution in [0.2, 0.25) is 10.0 Å². The molecule has 3 rings (SSSR count). The zero-order valence-electron chi connectivity index (χ0n) is 8.09. The number of rotatable bonds is 1. The number of hydrogen-bond acceptors (Lipinski definition) is 1. The third kappa shape index (κ3) is 1.33. The van der Waals surface area contributed by atoms with Gasteiger partial charge in [0, 0.05) is 18.3 Å². The number of carbonyl (C=O) groups is 1. The zero-order valence-corrected chi connectivity index (χ0v) is 9.61. The minimum atomic E-state index is 0.116. The van der Waals surface area contributed by atoms with Crippen molar-refractivity contribution in [2.24, 2.45) is 5.92 Å². The molecule has 0 spiro atoms. The van der Waals surface area contributed by atoms with E-state index < -0.39 is 0 Å². The maximum Gasteiger partial charge on any atom is 0.134 e. The fourth-order valence-corrected chi connectivity index (χ4v) is 3.12. The topological polar surface area (TPSA) is 17.1 Å². The van der Waals surface area contributed by atoms with Crippen molar-refractivity contribution in [1.82, 2.24) is 0 Å². The summed E-state index contributed by atoms with van der Waals surface area (Å²) in [6, 6.07) is 5.75. The van der Waals surface area contributed by atoms with E-state index in [1.54, 1.807) is 0 Å². The maximum atomic E-state index is 11.4. The quantitative estimate of drug-likeness (QED) is 0.733. The smallest absolute Gasteiger partial charge is 0.134 e. The molecule has 0 heterocycles. The minimum Gasteiger partial charge on any atom is -0.300 e. The maximum absolute atomic E-state index is 11.4. The van der Waals surface area contributed by atoms with Crippen LogP contribution in [0, 0.1) is 5.92 Å². The number of halogens is 2. The monoisotopic (exact) mass is 240 g/mol. The molecule has 3 heteroatoms. The average Bonchev–Trinajstić information content (AvgIpc) is 2.75. The number of carbonyl (C=O) groups excluding carboxylic acids is 1. The molecule has 0 aliphatic heterocycles. The summed E-state index contributed by atoms with van der Waals surface area (Å²) >= 11 is 11.9. The van der Waals surface area contributed by atoms with Gasteiger partial charge in [-0.2, -0.15) is 0 Å². The standard InChI is InChI=1S/C12H10Cl2O/c13-10-2-1-7(4-11(10)14)12-5-8(12)3-9(15)6-12/h1-2,4,8H,3,5-6H2/t8?,12-/m1/s1. The van der Waals surface area contributed by atoms with Crippen LogP contribution in [0.25, 0.3) is 0 Å². The molecule has 1 aromatic rings. The van der Waals surface area contributed by atoms with Gasteiger partial charge in [-0.25, -0.2) is 0 Å². The highest BCUT2D eigenvalue weighted by Crippen LogP contribution is 2.63. The highest BCUT2D eigenvalue weighted by molar-refractivity contribution is 6.42. The van der Waals surface area contributed by atoms with Crippen LogP contribution in [0.3, 0.4) is 0 Å². The third-order valence-corrected chi connectivity index (χ3v) is 4.45. The summed E-state index contributed by atoms with van der Waals surface area (Å²) < 4.78 is 0. The molecule has 2 aliphatic rings. The van der Waals surface area contributed by atoms with Crippen molar-refractivity contribution >= 4 is 29.0 Å². The summed E-state index contributed by atoms with van der Waals surface area (Å²) in [7, 11) is 0. The second-order valence-electron chi connectivity index (χ2n) is 4.61. The van der Waals surface area contributed by atoms with Crippen LogP contribution in [-0.4, -0.2) is 5.78 Å². The molecule has 0 N–H and O–H groups in total. The summed E-state index contributed by atoms with van der Waals surface area (Å²) in [5, 5.41) is 1.17. The summed E-state index contributed by atoms with van der Waals surface area (Å²) in [6.07, 6.45) is 2.58. The lowest BCUT2D eigenvalue weighted by Gasteiger charge is -2.12. The van der Waals surface area contributed by atoms with Crippen molar-refractivity contribution in [3.8, 4) is 0 Å². The Morgan fingerprint density at radius 1 is 1.27 bits per heavy atom. The van der Waals surface area contributed by atoms with Gasteiger partial charge >= 0.3 is 0 Å². The molecule has 1 aromatic carbocycles. The highest BCUT2D eigenvalue weighted by Gasteiger charge is 2.60. The van der Waals surface area contributed by atoms with Crippen molar-refractivity contribution < 1.29 is 4.79 Å². The Bertz CT molecular complexity index is 455. The molecule has 2 fully saturated rings. The van der Waals surface area contributed by atoms with Crippen LogP contribution >= 0.6 is 23.2 Å². The largest absolute Gasteiger partial charge is 0.300 e. The first-order valence-corrected chi connectivity index (χ1v) is 5.85. The van der Waals surface area contributed by atoms with Crippen molar-refractivity contribution in [2.45, 2.75) is 24.7 Å². The molecular formula is C12H10Cl2O.